The van der Waals surface area contributed by atoms with Crippen molar-refractivity contribution in [3.8, 4) is 0 Å². The van der Waals surface area contributed by atoms with E-state index < -0.39 is 0 Å². The SMILES string of the molecule is O=C1CCSCC(C(=O)N2CCN(C(c3ccccc3)c3ccccc3)CC2)N1. The Morgan fingerprint density at radius 1 is 0.931 bits per heavy atom. The molecule has 0 bridgehead atoms. The van der Waals surface area contributed by atoms with Crippen LogP contribution in [0.2, 0.25) is 0 Å². The molecule has 0 spiro atoms. The fourth-order valence-electron chi connectivity index (χ4n) is 4.11. The first-order valence-corrected chi connectivity index (χ1v) is 11.4. The lowest BCUT2D eigenvalue weighted by Gasteiger charge is -2.40. The maximum atomic E-state index is 12.9. The Balaban J connectivity index is 1.45. The van der Waals surface area contributed by atoms with E-state index in [4.69, 9.17) is 0 Å². The van der Waals surface area contributed by atoms with Gasteiger partial charge in [-0.3, -0.25) is 14.5 Å². The van der Waals surface area contributed by atoms with Crippen LogP contribution in [-0.4, -0.2) is 65.3 Å². The summed E-state index contributed by atoms with van der Waals surface area (Å²) in [6.07, 6.45) is 0.498. The lowest BCUT2D eigenvalue weighted by atomic mass is 9.96. The largest absolute Gasteiger partial charge is 0.343 e. The van der Waals surface area contributed by atoms with Gasteiger partial charge in [0, 0.05) is 44.1 Å². The molecule has 4 rings (SSSR count). The Kier molecular flexibility index (Phi) is 6.52. The van der Waals surface area contributed by atoms with Crippen molar-refractivity contribution < 1.29 is 9.59 Å². The molecule has 1 atom stereocenters. The normalized spacial score (nSPS) is 20.9. The van der Waals surface area contributed by atoms with Crippen molar-refractivity contribution in [3.05, 3.63) is 71.8 Å². The highest BCUT2D eigenvalue weighted by Crippen LogP contribution is 2.29. The van der Waals surface area contributed by atoms with Crippen LogP contribution in [0.5, 0.6) is 0 Å². The Morgan fingerprint density at radius 3 is 2.10 bits per heavy atom. The summed E-state index contributed by atoms with van der Waals surface area (Å²) in [5.74, 6) is 1.50. The predicted octanol–water partition coefficient (Wildman–Crippen LogP) is 2.54. The monoisotopic (exact) mass is 409 g/mol. The van der Waals surface area contributed by atoms with E-state index in [0.717, 1.165) is 18.8 Å². The summed E-state index contributed by atoms with van der Waals surface area (Å²) in [5, 5.41) is 2.90. The highest BCUT2D eigenvalue weighted by molar-refractivity contribution is 7.99. The molecule has 152 valence electrons. The first kappa shape index (κ1) is 20.0. The van der Waals surface area contributed by atoms with E-state index >= 15 is 0 Å². The summed E-state index contributed by atoms with van der Waals surface area (Å²) >= 11 is 1.68. The Bertz CT molecular complexity index is 783. The lowest BCUT2D eigenvalue weighted by molar-refractivity contribution is -0.137. The number of carbonyl (C=O) groups excluding carboxylic acids is 2. The molecule has 29 heavy (non-hydrogen) atoms. The number of piperazine rings is 1. The Hall–Kier alpha value is -2.31. The van der Waals surface area contributed by atoms with Gasteiger partial charge in [0.25, 0.3) is 0 Å². The average molecular weight is 410 g/mol. The van der Waals surface area contributed by atoms with Gasteiger partial charge in [0.05, 0.1) is 6.04 Å². The van der Waals surface area contributed by atoms with E-state index in [0.29, 0.717) is 25.3 Å². The van der Waals surface area contributed by atoms with Crippen LogP contribution < -0.4 is 5.32 Å². The molecule has 6 heteroatoms. The standard InChI is InChI=1S/C23H27N3O2S/c27-21-11-16-29-17-20(24-21)23(28)26-14-12-25(13-15-26)22(18-7-3-1-4-8-18)19-9-5-2-6-10-19/h1-10,20,22H,11-17H2,(H,24,27). The van der Waals surface area contributed by atoms with E-state index in [9.17, 15) is 9.59 Å². The van der Waals surface area contributed by atoms with Gasteiger partial charge >= 0.3 is 0 Å². The minimum absolute atomic E-state index is 0.0137. The zero-order valence-electron chi connectivity index (χ0n) is 16.5. The number of hydrogen-bond acceptors (Lipinski definition) is 4. The molecule has 2 aromatic carbocycles. The number of thioether (sulfide) groups is 1. The quantitative estimate of drug-likeness (QED) is 0.843. The van der Waals surface area contributed by atoms with Gasteiger partial charge in [-0.1, -0.05) is 60.7 Å². The molecule has 0 aliphatic carbocycles. The summed E-state index contributed by atoms with van der Waals surface area (Å²) in [4.78, 5) is 29.2. The van der Waals surface area contributed by atoms with Crippen molar-refractivity contribution in [2.45, 2.75) is 18.5 Å². The molecule has 0 radical (unpaired) electrons. The Labute approximate surface area is 176 Å². The number of nitrogens with one attached hydrogen (secondary N) is 1. The number of amides is 2. The predicted molar refractivity (Wildman–Crippen MR) is 117 cm³/mol. The van der Waals surface area contributed by atoms with Crippen molar-refractivity contribution in [3.63, 3.8) is 0 Å². The van der Waals surface area contributed by atoms with Crippen LogP contribution in [0.25, 0.3) is 0 Å². The van der Waals surface area contributed by atoms with Gasteiger partial charge in [-0.05, 0) is 11.1 Å². The average Bonchev–Trinajstić information content (AvgIpc) is 3.00. The molecule has 2 aliphatic heterocycles. The van der Waals surface area contributed by atoms with Crippen molar-refractivity contribution in [1.29, 1.82) is 0 Å². The van der Waals surface area contributed by atoms with Crippen molar-refractivity contribution in [2.24, 2.45) is 0 Å². The zero-order chi connectivity index (χ0) is 20.1. The third-order valence-electron chi connectivity index (χ3n) is 5.61. The summed E-state index contributed by atoms with van der Waals surface area (Å²) in [7, 11) is 0. The molecule has 1 N–H and O–H groups in total. The van der Waals surface area contributed by atoms with Gasteiger partial charge in [-0.2, -0.15) is 11.8 Å². The number of hydrogen-bond donors (Lipinski definition) is 1. The van der Waals surface area contributed by atoms with Crippen LogP contribution in [0.4, 0.5) is 0 Å². The number of carbonyl (C=O) groups is 2. The first-order valence-electron chi connectivity index (χ1n) is 10.2. The fraction of sp³-hybridized carbons (Fsp3) is 0.391. The summed E-state index contributed by atoms with van der Waals surface area (Å²) in [6, 6.07) is 20.9. The van der Waals surface area contributed by atoms with Gasteiger partial charge in [0.1, 0.15) is 6.04 Å². The Morgan fingerprint density at radius 2 is 1.52 bits per heavy atom. The van der Waals surface area contributed by atoms with Crippen molar-refractivity contribution >= 4 is 23.6 Å². The van der Waals surface area contributed by atoms with E-state index in [-0.39, 0.29) is 23.9 Å². The molecule has 2 fully saturated rings. The van der Waals surface area contributed by atoms with Gasteiger partial charge in [-0.25, -0.2) is 0 Å². The summed E-state index contributed by atoms with van der Waals surface area (Å²) < 4.78 is 0. The number of nitrogens with zero attached hydrogens (tertiary/aromatic N) is 2. The second kappa shape index (κ2) is 9.46. The third kappa shape index (κ3) is 4.82. The smallest absolute Gasteiger partial charge is 0.246 e. The molecular formula is C23H27N3O2S. The van der Waals surface area contributed by atoms with Gasteiger partial charge in [0.2, 0.25) is 11.8 Å². The molecule has 2 aromatic rings. The number of rotatable bonds is 4. The fourth-order valence-corrected chi connectivity index (χ4v) is 5.07. The molecule has 0 aromatic heterocycles. The molecule has 5 nitrogen and oxygen atoms in total. The second-order valence-electron chi connectivity index (χ2n) is 7.53. The maximum Gasteiger partial charge on any atom is 0.246 e. The number of benzene rings is 2. The van der Waals surface area contributed by atoms with Crippen LogP contribution >= 0.6 is 11.8 Å². The molecule has 2 saturated heterocycles. The van der Waals surface area contributed by atoms with Crippen LogP contribution in [0.1, 0.15) is 23.6 Å². The van der Waals surface area contributed by atoms with Crippen molar-refractivity contribution in [2.75, 3.05) is 37.7 Å². The molecule has 1 unspecified atom stereocenters. The molecular weight excluding hydrogens is 382 g/mol. The summed E-state index contributed by atoms with van der Waals surface area (Å²) in [6.45, 7) is 3.00. The van der Waals surface area contributed by atoms with Crippen LogP contribution in [0.3, 0.4) is 0 Å². The zero-order valence-corrected chi connectivity index (χ0v) is 17.3. The van der Waals surface area contributed by atoms with Gasteiger partial charge < -0.3 is 10.2 Å². The van der Waals surface area contributed by atoms with Crippen LogP contribution in [-0.2, 0) is 9.59 Å². The second-order valence-corrected chi connectivity index (χ2v) is 8.68. The highest BCUT2D eigenvalue weighted by Gasteiger charge is 2.32. The topological polar surface area (TPSA) is 52.7 Å². The van der Waals surface area contributed by atoms with E-state index in [1.54, 1.807) is 11.8 Å². The van der Waals surface area contributed by atoms with Crippen LogP contribution in [0, 0.1) is 0 Å². The third-order valence-corrected chi connectivity index (χ3v) is 6.67. The van der Waals surface area contributed by atoms with Gasteiger partial charge in [0.15, 0.2) is 0 Å². The van der Waals surface area contributed by atoms with E-state index in [2.05, 4.69) is 58.7 Å². The van der Waals surface area contributed by atoms with E-state index in [1.807, 2.05) is 17.0 Å². The van der Waals surface area contributed by atoms with E-state index in [1.165, 1.54) is 11.1 Å². The molecule has 0 saturated carbocycles. The minimum Gasteiger partial charge on any atom is -0.343 e. The van der Waals surface area contributed by atoms with Crippen molar-refractivity contribution in [1.82, 2.24) is 15.1 Å². The van der Waals surface area contributed by atoms with Gasteiger partial charge in [-0.15, -0.1) is 0 Å². The summed E-state index contributed by atoms with van der Waals surface area (Å²) in [5.41, 5.74) is 2.54. The van der Waals surface area contributed by atoms with Crippen LogP contribution in [0.15, 0.2) is 60.7 Å². The highest BCUT2D eigenvalue weighted by atomic mass is 32.2. The minimum atomic E-state index is -0.388. The molecule has 2 aliphatic rings. The lowest BCUT2D eigenvalue weighted by Crippen LogP contribution is -2.55. The maximum absolute atomic E-state index is 12.9. The molecule has 2 amide bonds. The first-order chi connectivity index (χ1) is 14.2. The molecule has 2 heterocycles.